The van der Waals surface area contributed by atoms with Crippen LogP contribution < -0.4 is 5.32 Å². The molecule has 1 amide bonds. The van der Waals surface area contributed by atoms with Crippen LogP contribution in [0.3, 0.4) is 0 Å². The van der Waals surface area contributed by atoms with Gasteiger partial charge in [-0.25, -0.2) is 4.37 Å². The molecule has 0 aliphatic carbocycles. The van der Waals surface area contributed by atoms with Crippen LogP contribution in [-0.2, 0) is 4.74 Å². The van der Waals surface area contributed by atoms with Gasteiger partial charge in [-0.15, -0.1) is 0 Å². The normalized spacial score (nSPS) is 28.4. The summed E-state index contributed by atoms with van der Waals surface area (Å²) in [5.74, 6) is -0.0278. The third kappa shape index (κ3) is 2.96. The minimum atomic E-state index is -0.0278. The number of likely N-dealkylation sites (tertiary alicyclic amines) is 1. The molecule has 1 aromatic heterocycles. The number of carbonyl (C=O) groups excluding carboxylic acids is 1. The van der Waals surface area contributed by atoms with E-state index in [9.17, 15) is 4.79 Å². The largest absolute Gasteiger partial charge is 0.378 e. The summed E-state index contributed by atoms with van der Waals surface area (Å²) in [6.45, 7) is 3.60. The van der Waals surface area contributed by atoms with Crippen LogP contribution in [0.4, 0.5) is 0 Å². The number of amides is 1. The molecule has 1 N–H and O–H groups in total. The van der Waals surface area contributed by atoms with Crippen LogP contribution in [0.25, 0.3) is 0 Å². The Morgan fingerprint density at radius 1 is 1.37 bits per heavy atom. The first kappa shape index (κ1) is 13.0. The zero-order valence-electron chi connectivity index (χ0n) is 10.9. The van der Waals surface area contributed by atoms with Gasteiger partial charge in [0, 0.05) is 6.20 Å². The second kappa shape index (κ2) is 5.98. The summed E-state index contributed by atoms with van der Waals surface area (Å²) < 4.78 is 9.54. The molecule has 0 unspecified atom stereocenters. The lowest BCUT2D eigenvalue weighted by molar-refractivity contribution is 0.0904. The Morgan fingerprint density at radius 3 is 2.95 bits per heavy atom. The van der Waals surface area contributed by atoms with E-state index in [1.807, 2.05) is 0 Å². The summed E-state index contributed by atoms with van der Waals surface area (Å²) >= 11 is 1.23. The van der Waals surface area contributed by atoms with Gasteiger partial charge in [0.1, 0.15) is 4.88 Å². The van der Waals surface area contributed by atoms with E-state index in [1.54, 1.807) is 12.3 Å². The average molecular weight is 281 g/mol. The number of aromatic nitrogens is 1. The van der Waals surface area contributed by atoms with Crippen molar-refractivity contribution < 1.29 is 9.53 Å². The highest BCUT2D eigenvalue weighted by Gasteiger charge is 2.34. The Morgan fingerprint density at radius 2 is 2.21 bits per heavy atom. The molecule has 3 rings (SSSR count). The maximum absolute atomic E-state index is 12.1. The first-order valence-electron chi connectivity index (χ1n) is 6.88. The van der Waals surface area contributed by atoms with Gasteiger partial charge in [-0.1, -0.05) is 6.42 Å². The Kier molecular flexibility index (Phi) is 4.10. The van der Waals surface area contributed by atoms with E-state index in [0.29, 0.717) is 17.5 Å². The second-order valence-electron chi connectivity index (χ2n) is 5.16. The van der Waals surface area contributed by atoms with Crippen molar-refractivity contribution in [1.29, 1.82) is 0 Å². The number of ether oxygens (including phenoxy) is 1. The fourth-order valence-corrected chi connectivity index (χ4v) is 3.36. The highest BCUT2D eigenvalue weighted by Crippen LogP contribution is 2.19. The topological polar surface area (TPSA) is 54.5 Å². The molecule has 2 saturated heterocycles. The van der Waals surface area contributed by atoms with E-state index in [1.165, 1.54) is 30.8 Å². The molecule has 104 valence electrons. The zero-order chi connectivity index (χ0) is 13.1. The fraction of sp³-hybridized carbons (Fsp3) is 0.692. The molecule has 0 spiro atoms. The van der Waals surface area contributed by atoms with Gasteiger partial charge < -0.3 is 10.1 Å². The second-order valence-corrected chi connectivity index (χ2v) is 5.99. The summed E-state index contributed by atoms with van der Waals surface area (Å²) in [5.41, 5.74) is 0. The lowest BCUT2D eigenvalue weighted by Crippen LogP contribution is -2.52. The van der Waals surface area contributed by atoms with Crippen molar-refractivity contribution >= 4 is 17.4 Å². The van der Waals surface area contributed by atoms with Crippen molar-refractivity contribution in [2.45, 2.75) is 31.3 Å². The fourth-order valence-electron chi connectivity index (χ4n) is 2.86. The lowest BCUT2D eigenvalue weighted by atomic mass is 10.0. The number of carbonyl (C=O) groups is 1. The molecule has 6 heteroatoms. The van der Waals surface area contributed by atoms with Crippen LogP contribution in [0.1, 0.15) is 28.9 Å². The number of nitrogens with one attached hydrogen (secondary N) is 1. The molecule has 3 heterocycles. The molecule has 5 nitrogen and oxygen atoms in total. The third-order valence-electron chi connectivity index (χ3n) is 3.89. The molecule has 0 saturated carbocycles. The van der Waals surface area contributed by atoms with Crippen molar-refractivity contribution in [2.24, 2.45) is 0 Å². The summed E-state index contributed by atoms with van der Waals surface area (Å²) in [6.07, 6.45) is 5.49. The van der Waals surface area contributed by atoms with Crippen molar-refractivity contribution in [2.75, 3.05) is 26.3 Å². The van der Waals surface area contributed by atoms with E-state index in [0.717, 1.165) is 19.7 Å². The molecule has 2 atom stereocenters. The molecule has 0 radical (unpaired) electrons. The molecule has 2 aliphatic heterocycles. The number of piperidine rings is 1. The van der Waals surface area contributed by atoms with Gasteiger partial charge in [-0.3, -0.25) is 9.69 Å². The predicted molar refractivity (Wildman–Crippen MR) is 73.4 cm³/mol. The van der Waals surface area contributed by atoms with Crippen LogP contribution in [-0.4, -0.2) is 53.6 Å². The number of nitrogens with zero attached hydrogens (tertiary/aromatic N) is 2. The maximum Gasteiger partial charge on any atom is 0.263 e. The Balaban J connectivity index is 1.61. The van der Waals surface area contributed by atoms with Crippen molar-refractivity contribution in [3.8, 4) is 0 Å². The summed E-state index contributed by atoms with van der Waals surface area (Å²) in [6, 6.07) is 2.19. The van der Waals surface area contributed by atoms with Gasteiger partial charge in [0.25, 0.3) is 5.91 Å². The first-order chi connectivity index (χ1) is 9.34. The first-order valence-corrected chi connectivity index (χ1v) is 7.65. The van der Waals surface area contributed by atoms with Gasteiger partial charge in [0.05, 0.1) is 25.3 Å². The van der Waals surface area contributed by atoms with Crippen molar-refractivity contribution in [1.82, 2.24) is 14.6 Å². The van der Waals surface area contributed by atoms with E-state index < -0.39 is 0 Å². The maximum atomic E-state index is 12.1. The minimum Gasteiger partial charge on any atom is -0.378 e. The minimum absolute atomic E-state index is 0.0278. The van der Waals surface area contributed by atoms with Crippen molar-refractivity contribution in [3.05, 3.63) is 17.1 Å². The van der Waals surface area contributed by atoms with Crippen LogP contribution in [0.15, 0.2) is 12.3 Å². The molecule has 0 bridgehead atoms. The summed E-state index contributed by atoms with van der Waals surface area (Å²) in [5, 5.41) is 3.09. The molecule has 2 aliphatic rings. The Labute approximate surface area is 117 Å². The molecular weight excluding hydrogens is 262 g/mol. The SMILES string of the molecule is O=C(N[C@H]1COC[C@@H]1N1CCCCC1)c1ccns1. The molecule has 19 heavy (non-hydrogen) atoms. The standard InChI is InChI=1S/C13H19N3O2S/c17-13(12-4-5-14-19-12)15-10-8-18-9-11(10)16-6-2-1-3-7-16/h4-5,10-11H,1-3,6-9H2,(H,15,17)/t10-,11-/m0/s1. The molecule has 2 fully saturated rings. The van der Waals surface area contributed by atoms with Gasteiger partial charge in [0.15, 0.2) is 0 Å². The predicted octanol–water partition coefficient (Wildman–Crippen LogP) is 1.13. The van der Waals surface area contributed by atoms with E-state index in [4.69, 9.17) is 4.74 Å². The van der Waals surface area contributed by atoms with Crippen LogP contribution in [0, 0.1) is 0 Å². The van der Waals surface area contributed by atoms with Gasteiger partial charge >= 0.3 is 0 Å². The van der Waals surface area contributed by atoms with Gasteiger partial charge in [0.2, 0.25) is 0 Å². The Hall–Kier alpha value is -0.980. The van der Waals surface area contributed by atoms with Crippen LogP contribution in [0.2, 0.25) is 0 Å². The van der Waals surface area contributed by atoms with E-state index in [-0.39, 0.29) is 11.9 Å². The Bertz CT molecular complexity index is 418. The monoisotopic (exact) mass is 281 g/mol. The quantitative estimate of drug-likeness (QED) is 0.902. The van der Waals surface area contributed by atoms with Gasteiger partial charge in [-0.2, -0.15) is 0 Å². The summed E-state index contributed by atoms with van der Waals surface area (Å²) in [7, 11) is 0. The van der Waals surface area contributed by atoms with Crippen molar-refractivity contribution in [3.63, 3.8) is 0 Å². The van der Waals surface area contributed by atoms with E-state index in [2.05, 4.69) is 14.6 Å². The highest BCUT2D eigenvalue weighted by molar-refractivity contribution is 7.08. The number of hydrogen-bond donors (Lipinski definition) is 1. The van der Waals surface area contributed by atoms with Crippen LogP contribution in [0.5, 0.6) is 0 Å². The summed E-state index contributed by atoms with van der Waals surface area (Å²) in [4.78, 5) is 15.2. The highest BCUT2D eigenvalue weighted by atomic mass is 32.1. The lowest BCUT2D eigenvalue weighted by Gasteiger charge is -2.34. The molecule has 0 aromatic carbocycles. The van der Waals surface area contributed by atoms with E-state index >= 15 is 0 Å². The number of rotatable bonds is 3. The third-order valence-corrected chi connectivity index (χ3v) is 4.63. The van der Waals surface area contributed by atoms with Gasteiger partial charge in [-0.05, 0) is 43.5 Å². The molecular formula is C13H19N3O2S. The smallest absolute Gasteiger partial charge is 0.263 e. The average Bonchev–Trinajstić information content (AvgIpc) is 3.11. The molecule has 1 aromatic rings. The number of hydrogen-bond acceptors (Lipinski definition) is 5. The zero-order valence-corrected chi connectivity index (χ0v) is 11.7. The van der Waals surface area contributed by atoms with Crippen LogP contribution >= 0.6 is 11.5 Å².